The smallest absolute Gasteiger partial charge is 0.0941 e. The highest BCUT2D eigenvalue weighted by Gasteiger charge is 2.21. The van der Waals surface area contributed by atoms with Gasteiger partial charge in [-0.25, -0.2) is 0 Å². The van der Waals surface area contributed by atoms with Crippen LogP contribution in [0.25, 0.3) is 21.9 Å². The van der Waals surface area contributed by atoms with Crippen LogP contribution in [0, 0.1) is 0 Å². The van der Waals surface area contributed by atoms with Crippen molar-refractivity contribution in [2.75, 3.05) is 5.73 Å². The fourth-order valence-electron chi connectivity index (χ4n) is 3.09. The number of nitrogen functional groups attached to an aromatic ring is 1. The van der Waals surface area contributed by atoms with E-state index in [9.17, 15) is 0 Å². The Morgan fingerprint density at radius 3 is 2.68 bits per heavy atom. The minimum absolute atomic E-state index is 0.986. The van der Waals surface area contributed by atoms with Crippen molar-refractivity contribution in [3.05, 3.63) is 52.9 Å². The molecule has 0 spiro atoms. The van der Waals surface area contributed by atoms with Crippen LogP contribution in [-0.4, -0.2) is 0 Å². The molecule has 2 N–H and O–H groups in total. The van der Waals surface area contributed by atoms with Gasteiger partial charge in [-0.1, -0.05) is 36.4 Å². The fourth-order valence-corrected chi connectivity index (χ4v) is 4.27. The summed E-state index contributed by atoms with van der Waals surface area (Å²) in [5, 5.41) is 3.56. The first-order valence-corrected chi connectivity index (χ1v) is 7.54. The van der Waals surface area contributed by atoms with Crippen molar-refractivity contribution < 1.29 is 0 Å². The molecule has 3 aromatic rings. The van der Waals surface area contributed by atoms with Gasteiger partial charge < -0.3 is 5.73 Å². The van der Waals surface area contributed by atoms with E-state index in [1.54, 1.807) is 11.3 Å². The van der Waals surface area contributed by atoms with Crippen LogP contribution in [0.1, 0.15) is 16.9 Å². The zero-order valence-corrected chi connectivity index (χ0v) is 11.5. The lowest BCUT2D eigenvalue weighted by Crippen LogP contribution is -1.88. The number of hydrogen-bond donors (Lipinski definition) is 1. The molecule has 4 rings (SSSR count). The summed E-state index contributed by atoms with van der Waals surface area (Å²) in [6, 6.07) is 15.2. The molecule has 1 aliphatic carbocycles. The van der Waals surface area contributed by atoms with Gasteiger partial charge in [0.1, 0.15) is 0 Å². The molecule has 0 bridgehead atoms. The predicted octanol–water partition coefficient (Wildman–Crippen LogP) is 4.64. The molecular formula is C17H15NS. The first kappa shape index (κ1) is 11.1. The van der Waals surface area contributed by atoms with E-state index in [4.69, 9.17) is 5.73 Å². The van der Waals surface area contributed by atoms with E-state index in [0.29, 0.717) is 0 Å². The van der Waals surface area contributed by atoms with Crippen LogP contribution in [0.5, 0.6) is 0 Å². The van der Waals surface area contributed by atoms with Gasteiger partial charge >= 0.3 is 0 Å². The van der Waals surface area contributed by atoms with E-state index in [1.807, 2.05) is 0 Å². The zero-order valence-electron chi connectivity index (χ0n) is 10.6. The number of aryl methyl sites for hydroxylation is 1. The van der Waals surface area contributed by atoms with Crippen molar-refractivity contribution in [1.29, 1.82) is 0 Å². The number of nitrogens with two attached hydrogens (primary N) is 1. The average molecular weight is 265 g/mol. The molecular weight excluding hydrogens is 250 g/mol. The summed E-state index contributed by atoms with van der Waals surface area (Å²) in [6.45, 7) is 0. The molecule has 0 saturated carbocycles. The molecule has 19 heavy (non-hydrogen) atoms. The summed E-state index contributed by atoms with van der Waals surface area (Å²) in [4.78, 5) is 1.50. The summed E-state index contributed by atoms with van der Waals surface area (Å²) in [7, 11) is 0. The molecule has 0 unspecified atom stereocenters. The third-order valence-corrected chi connectivity index (χ3v) is 5.11. The second-order valence-electron chi connectivity index (χ2n) is 5.16. The van der Waals surface area contributed by atoms with Gasteiger partial charge in [-0.05, 0) is 47.2 Å². The lowest BCUT2D eigenvalue weighted by atomic mass is 9.99. The quantitative estimate of drug-likeness (QED) is 0.681. The highest BCUT2D eigenvalue weighted by molar-refractivity contribution is 7.16. The standard InChI is InChI=1S/C17H15NS/c18-17-16(14-6-3-7-15(14)19-17)13-9-8-11-4-1-2-5-12(11)10-13/h1-2,4-5,8-10H,3,6-7,18H2. The highest BCUT2D eigenvalue weighted by atomic mass is 32.1. The Morgan fingerprint density at radius 2 is 1.79 bits per heavy atom. The molecule has 1 nitrogen and oxygen atoms in total. The van der Waals surface area contributed by atoms with Crippen molar-refractivity contribution in [2.24, 2.45) is 0 Å². The van der Waals surface area contributed by atoms with Crippen molar-refractivity contribution >= 4 is 27.1 Å². The molecule has 0 aliphatic heterocycles. The van der Waals surface area contributed by atoms with Gasteiger partial charge in [0, 0.05) is 10.4 Å². The summed E-state index contributed by atoms with van der Waals surface area (Å²) < 4.78 is 0. The predicted molar refractivity (Wildman–Crippen MR) is 83.7 cm³/mol. The van der Waals surface area contributed by atoms with Crippen LogP contribution in [0.15, 0.2) is 42.5 Å². The molecule has 1 aromatic heterocycles. The van der Waals surface area contributed by atoms with Crippen LogP contribution in [0.3, 0.4) is 0 Å². The Hall–Kier alpha value is -1.80. The van der Waals surface area contributed by atoms with Gasteiger partial charge in [0.25, 0.3) is 0 Å². The van der Waals surface area contributed by atoms with Crippen molar-refractivity contribution in [2.45, 2.75) is 19.3 Å². The molecule has 0 radical (unpaired) electrons. The number of fused-ring (bicyclic) bond motifs is 2. The Balaban J connectivity index is 1.95. The molecule has 2 heteroatoms. The Bertz CT molecular complexity index is 770. The van der Waals surface area contributed by atoms with Gasteiger partial charge in [-0.15, -0.1) is 11.3 Å². The van der Waals surface area contributed by atoms with Crippen LogP contribution < -0.4 is 5.73 Å². The first-order chi connectivity index (χ1) is 9.33. The Morgan fingerprint density at radius 1 is 0.947 bits per heavy atom. The molecule has 0 saturated heterocycles. The van der Waals surface area contributed by atoms with Crippen molar-refractivity contribution in [3.63, 3.8) is 0 Å². The number of rotatable bonds is 1. The fraction of sp³-hybridized carbons (Fsp3) is 0.176. The van der Waals surface area contributed by atoms with Crippen LogP contribution in [-0.2, 0) is 12.8 Å². The van der Waals surface area contributed by atoms with Crippen molar-refractivity contribution in [1.82, 2.24) is 0 Å². The molecule has 94 valence electrons. The van der Waals surface area contributed by atoms with E-state index in [1.165, 1.54) is 51.6 Å². The second kappa shape index (κ2) is 4.10. The number of hydrogen-bond acceptors (Lipinski definition) is 2. The zero-order chi connectivity index (χ0) is 12.8. The van der Waals surface area contributed by atoms with E-state index < -0.39 is 0 Å². The van der Waals surface area contributed by atoms with Gasteiger partial charge in [0.15, 0.2) is 0 Å². The average Bonchev–Trinajstić information content (AvgIpc) is 2.98. The highest BCUT2D eigenvalue weighted by Crippen LogP contribution is 2.43. The largest absolute Gasteiger partial charge is 0.390 e. The topological polar surface area (TPSA) is 26.0 Å². The third-order valence-electron chi connectivity index (χ3n) is 3.99. The van der Waals surface area contributed by atoms with Gasteiger partial charge in [-0.3, -0.25) is 0 Å². The summed E-state index contributed by atoms with van der Waals surface area (Å²) in [6.07, 6.45) is 3.67. The van der Waals surface area contributed by atoms with Crippen molar-refractivity contribution in [3.8, 4) is 11.1 Å². The molecule has 1 heterocycles. The molecule has 0 amide bonds. The minimum Gasteiger partial charge on any atom is -0.390 e. The Kier molecular flexibility index (Phi) is 2.39. The first-order valence-electron chi connectivity index (χ1n) is 6.72. The SMILES string of the molecule is Nc1sc2c(c1-c1ccc3ccccc3c1)CCC2. The van der Waals surface area contributed by atoms with E-state index >= 15 is 0 Å². The second-order valence-corrected chi connectivity index (χ2v) is 6.30. The molecule has 0 fully saturated rings. The molecule has 0 atom stereocenters. The lowest BCUT2D eigenvalue weighted by Gasteiger charge is -2.06. The third kappa shape index (κ3) is 1.67. The minimum atomic E-state index is 0.986. The number of benzene rings is 2. The van der Waals surface area contributed by atoms with Gasteiger partial charge in [-0.2, -0.15) is 0 Å². The summed E-state index contributed by atoms with van der Waals surface area (Å²) >= 11 is 1.78. The van der Waals surface area contributed by atoms with Crippen LogP contribution >= 0.6 is 11.3 Å². The summed E-state index contributed by atoms with van der Waals surface area (Å²) in [5.41, 5.74) is 10.3. The maximum atomic E-state index is 6.25. The van der Waals surface area contributed by atoms with E-state index in [2.05, 4.69) is 42.5 Å². The van der Waals surface area contributed by atoms with E-state index in [0.717, 1.165) is 5.00 Å². The normalized spacial score (nSPS) is 13.9. The molecule has 1 aliphatic rings. The monoisotopic (exact) mass is 265 g/mol. The lowest BCUT2D eigenvalue weighted by molar-refractivity contribution is 0.915. The molecule has 2 aromatic carbocycles. The maximum absolute atomic E-state index is 6.25. The van der Waals surface area contributed by atoms with Crippen LogP contribution in [0.4, 0.5) is 5.00 Å². The summed E-state index contributed by atoms with van der Waals surface area (Å²) in [5.74, 6) is 0. The van der Waals surface area contributed by atoms with Gasteiger partial charge in [0.05, 0.1) is 5.00 Å². The Labute approximate surface area is 116 Å². The van der Waals surface area contributed by atoms with E-state index in [-0.39, 0.29) is 0 Å². The van der Waals surface area contributed by atoms with Crippen LogP contribution in [0.2, 0.25) is 0 Å². The number of thiophene rings is 1. The van der Waals surface area contributed by atoms with Gasteiger partial charge in [0.2, 0.25) is 0 Å². The number of anilines is 1. The maximum Gasteiger partial charge on any atom is 0.0941 e.